The van der Waals surface area contributed by atoms with E-state index in [-0.39, 0.29) is 5.91 Å². The van der Waals surface area contributed by atoms with Gasteiger partial charge in [-0.15, -0.1) is 0 Å². The van der Waals surface area contributed by atoms with E-state index in [9.17, 15) is 4.79 Å². The summed E-state index contributed by atoms with van der Waals surface area (Å²) in [5.41, 5.74) is 3.38. The Bertz CT molecular complexity index is 663. The summed E-state index contributed by atoms with van der Waals surface area (Å²) >= 11 is 0. The van der Waals surface area contributed by atoms with Crippen molar-refractivity contribution >= 4 is 17.3 Å². The van der Waals surface area contributed by atoms with Crippen LogP contribution in [-0.2, 0) is 0 Å². The van der Waals surface area contributed by atoms with Crippen LogP contribution < -0.4 is 10.6 Å². The van der Waals surface area contributed by atoms with E-state index in [1.54, 1.807) is 12.4 Å². The molecular weight excluding hydrogens is 274 g/mol. The molecule has 0 atom stereocenters. The zero-order valence-corrected chi connectivity index (χ0v) is 12.8. The number of nitrogens with one attached hydrogen (secondary N) is 2. The molecule has 1 aromatic heterocycles. The topological polar surface area (TPSA) is 54.0 Å². The number of carbonyl (C=O) groups excluding carboxylic acids is 1. The molecule has 0 unspecified atom stereocenters. The molecule has 1 aliphatic carbocycles. The predicted octanol–water partition coefficient (Wildman–Crippen LogP) is 4.00. The molecule has 2 aromatic rings. The number of amides is 1. The molecule has 0 aliphatic heterocycles. The Balaban J connectivity index is 1.71. The average molecular weight is 295 g/mol. The molecule has 2 N–H and O–H groups in total. The lowest BCUT2D eigenvalue weighted by atomic mass is 10.2. The van der Waals surface area contributed by atoms with Gasteiger partial charge in [-0.2, -0.15) is 0 Å². The molecule has 3 rings (SSSR count). The summed E-state index contributed by atoms with van der Waals surface area (Å²) in [6.07, 6.45) is 8.33. The lowest BCUT2D eigenvalue weighted by Crippen LogP contribution is -2.17. The van der Waals surface area contributed by atoms with Crippen LogP contribution in [-0.4, -0.2) is 16.9 Å². The van der Waals surface area contributed by atoms with E-state index in [2.05, 4.69) is 15.6 Å². The Labute approximate surface area is 131 Å². The molecule has 1 heterocycles. The Kier molecular flexibility index (Phi) is 4.37. The molecule has 1 saturated carbocycles. The Morgan fingerprint density at radius 2 is 1.95 bits per heavy atom. The average Bonchev–Trinajstić information content (AvgIpc) is 3.03. The summed E-state index contributed by atoms with van der Waals surface area (Å²) in [5, 5.41) is 6.41. The van der Waals surface area contributed by atoms with Gasteiger partial charge >= 0.3 is 0 Å². The van der Waals surface area contributed by atoms with Crippen LogP contribution in [0, 0.1) is 6.92 Å². The second-order valence-corrected chi connectivity index (χ2v) is 5.86. The predicted molar refractivity (Wildman–Crippen MR) is 89.2 cm³/mol. The number of pyridine rings is 1. The third-order valence-electron chi connectivity index (χ3n) is 4.12. The van der Waals surface area contributed by atoms with Crippen molar-refractivity contribution in [1.29, 1.82) is 0 Å². The van der Waals surface area contributed by atoms with Crippen molar-refractivity contribution in [2.24, 2.45) is 0 Å². The van der Waals surface area contributed by atoms with E-state index >= 15 is 0 Å². The van der Waals surface area contributed by atoms with Gasteiger partial charge in [0.05, 0.1) is 11.3 Å². The van der Waals surface area contributed by atoms with E-state index < -0.39 is 0 Å². The van der Waals surface area contributed by atoms with Crippen LogP contribution >= 0.6 is 0 Å². The van der Waals surface area contributed by atoms with Crippen molar-refractivity contribution in [1.82, 2.24) is 4.98 Å². The second-order valence-electron chi connectivity index (χ2n) is 5.86. The number of aromatic nitrogens is 1. The summed E-state index contributed by atoms with van der Waals surface area (Å²) in [6.45, 7) is 1.98. The van der Waals surface area contributed by atoms with Gasteiger partial charge in [0.1, 0.15) is 0 Å². The zero-order valence-electron chi connectivity index (χ0n) is 12.8. The quantitative estimate of drug-likeness (QED) is 0.896. The molecular formula is C18H21N3O. The minimum atomic E-state index is -0.128. The smallest absolute Gasteiger partial charge is 0.257 e. The van der Waals surface area contributed by atoms with Gasteiger partial charge in [0.15, 0.2) is 0 Å². The molecule has 4 heteroatoms. The third kappa shape index (κ3) is 3.45. The molecule has 22 heavy (non-hydrogen) atoms. The summed E-state index contributed by atoms with van der Waals surface area (Å²) in [6, 6.07) is 10.1. The lowest BCUT2D eigenvalue weighted by molar-refractivity contribution is 0.102. The first-order chi connectivity index (χ1) is 10.7. The van der Waals surface area contributed by atoms with Crippen molar-refractivity contribution in [3.05, 3.63) is 53.9 Å². The fraction of sp³-hybridized carbons (Fsp3) is 0.333. The van der Waals surface area contributed by atoms with Crippen molar-refractivity contribution in [2.75, 3.05) is 10.6 Å². The van der Waals surface area contributed by atoms with Gasteiger partial charge in [-0.3, -0.25) is 9.78 Å². The maximum atomic E-state index is 12.4. The highest BCUT2D eigenvalue weighted by atomic mass is 16.1. The SMILES string of the molecule is Cc1ccccc1NC(=O)c1cncc(NC2CCCC2)c1. The summed E-state index contributed by atoms with van der Waals surface area (Å²) in [7, 11) is 0. The Morgan fingerprint density at radius 3 is 2.73 bits per heavy atom. The number of benzene rings is 1. The summed E-state index contributed by atoms with van der Waals surface area (Å²) in [5.74, 6) is -0.128. The number of anilines is 2. The highest BCUT2D eigenvalue weighted by Gasteiger charge is 2.15. The largest absolute Gasteiger partial charge is 0.381 e. The van der Waals surface area contributed by atoms with Crippen molar-refractivity contribution < 1.29 is 4.79 Å². The Morgan fingerprint density at radius 1 is 1.18 bits per heavy atom. The number of rotatable bonds is 4. The van der Waals surface area contributed by atoms with Gasteiger partial charge in [-0.05, 0) is 37.5 Å². The van der Waals surface area contributed by atoms with Crippen LogP contribution in [0.15, 0.2) is 42.7 Å². The van der Waals surface area contributed by atoms with Gasteiger partial charge in [0, 0.05) is 24.1 Å². The van der Waals surface area contributed by atoms with Crippen molar-refractivity contribution in [2.45, 2.75) is 38.6 Å². The van der Waals surface area contributed by atoms with Crippen LogP contribution in [0.1, 0.15) is 41.6 Å². The summed E-state index contributed by atoms with van der Waals surface area (Å²) < 4.78 is 0. The number of nitrogens with zero attached hydrogens (tertiary/aromatic N) is 1. The van der Waals surface area contributed by atoms with Gasteiger partial charge < -0.3 is 10.6 Å². The lowest BCUT2D eigenvalue weighted by Gasteiger charge is -2.14. The van der Waals surface area contributed by atoms with Crippen LogP contribution in [0.5, 0.6) is 0 Å². The molecule has 0 radical (unpaired) electrons. The van der Waals surface area contributed by atoms with Crippen molar-refractivity contribution in [3.8, 4) is 0 Å². The zero-order chi connectivity index (χ0) is 15.4. The minimum absolute atomic E-state index is 0.128. The number of carbonyl (C=O) groups is 1. The van der Waals surface area contributed by atoms with Gasteiger partial charge in [-0.1, -0.05) is 31.0 Å². The molecule has 1 aliphatic rings. The molecule has 0 spiro atoms. The number of hydrogen-bond acceptors (Lipinski definition) is 3. The third-order valence-corrected chi connectivity index (χ3v) is 4.12. The maximum Gasteiger partial charge on any atom is 0.257 e. The molecule has 0 bridgehead atoms. The summed E-state index contributed by atoms with van der Waals surface area (Å²) in [4.78, 5) is 16.6. The molecule has 0 saturated heterocycles. The van der Waals surface area contributed by atoms with Crippen LogP contribution in [0.3, 0.4) is 0 Å². The minimum Gasteiger partial charge on any atom is -0.381 e. The number of para-hydroxylation sites is 1. The first-order valence-electron chi connectivity index (χ1n) is 7.81. The first kappa shape index (κ1) is 14.6. The normalized spacial score (nSPS) is 14.8. The first-order valence-corrected chi connectivity index (χ1v) is 7.81. The highest BCUT2D eigenvalue weighted by Crippen LogP contribution is 2.22. The molecule has 4 nitrogen and oxygen atoms in total. The van der Waals surface area contributed by atoms with Crippen molar-refractivity contribution in [3.63, 3.8) is 0 Å². The van der Waals surface area contributed by atoms with Gasteiger partial charge in [0.2, 0.25) is 0 Å². The number of hydrogen-bond donors (Lipinski definition) is 2. The van der Waals surface area contributed by atoms with Gasteiger partial charge in [0.25, 0.3) is 5.91 Å². The van der Waals surface area contributed by atoms with Crippen LogP contribution in [0.2, 0.25) is 0 Å². The van der Waals surface area contributed by atoms with E-state index in [0.29, 0.717) is 11.6 Å². The van der Waals surface area contributed by atoms with E-state index in [1.165, 1.54) is 25.7 Å². The van der Waals surface area contributed by atoms with E-state index in [1.807, 2.05) is 37.3 Å². The Hall–Kier alpha value is -2.36. The fourth-order valence-electron chi connectivity index (χ4n) is 2.86. The molecule has 1 aromatic carbocycles. The fourth-order valence-corrected chi connectivity index (χ4v) is 2.86. The highest BCUT2D eigenvalue weighted by molar-refractivity contribution is 6.04. The molecule has 1 amide bonds. The van der Waals surface area contributed by atoms with Gasteiger partial charge in [-0.25, -0.2) is 0 Å². The standard InChI is InChI=1S/C18H21N3O/c1-13-6-2-5-9-17(13)21-18(22)14-10-16(12-19-11-14)20-15-7-3-4-8-15/h2,5-6,9-12,15,20H,3-4,7-8H2,1H3,(H,21,22). The monoisotopic (exact) mass is 295 g/mol. The maximum absolute atomic E-state index is 12.4. The molecule has 1 fully saturated rings. The van der Waals surface area contributed by atoms with E-state index in [4.69, 9.17) is 0 Å². The van der Waals surface area contributed by atoms with E-state index in [0.717, 1.165) is 16.9 Å². The van der Waals surface area contributed by atoms with Crippen LogP contribution in [0.25, 0.3) is 0 Å². The number of aryl methyl sites for hydroxylation is 1. The second kappa shape index (κ2) is 6.60. The van der Waals surface area contributed by atoms with Crippen LogP contribution in [0.4, 0.5) is 11.4 Å². The molecule has 114 valence electrons.